The van der Waals surface area contributed by atoms with Crippen LogP contribution in [0.15, 0.2) is 30.5 Å². The second kappa shape index (κ2) is 6.02. The number of nitrogens with one attached hydrogen (secondary N) is 1. The van der Waals surface area contributed by atoms with Crippen LogP contribution in [0, 0.1) is 0 Å². The molecule has 1 N–H and O–H groups in total. The van der Waals surface area contributed by atoms with Crippen LogP contribution in [-0.2, 0) is 19.3 Å². The Labute approximate surface area is 127 Å². The van der Waals surface area contributed by atoms with E-state index in [0.717, 1.165) is 12.1 Å². The largest absolute Gasteiger partial charge is 0.313 e. The van der Waals surface area contributed by atoms with E-state index in [0.29, 0.717) is 12.1 Å². The average Bonchev–Trinajstić information content (AvgIpc) is 3.12. The molecular formula is C18H25N3. The summed E-state index contributed by atoms with van der Waals surface area (Å²) in [7, 11) is 2.04. The number of aryl methyl sites for hydroxylation is 2. The molecule has 21 heavy (non-hydrogen) atoms. The summed E-state index contributed by atoms with van der Waals surface area (Å²) < 4.78 is 2.03. The van der Waals surface area contributed by atoms with E-state index in [4.69, 9.17) is 0 Å². The summed E-state index contributed by atoms with van der Waals surface area (Å²) in [6, 6.07) is 9.89. The fourth-order valence-corrected chi connectivity index (χ4v) is 3.18. The lowest BCUT2D eigenvalue weighted by Crippen LogP contribution is -2.19. The lowest BCUT2D eigenvalue weighted by atomic mass is 9.98. The first-order chi connectivity index (χ1) is 10.2. The molecule has 2 aromatic rings. The monoisotopic (exact) mass is 283 g/mol. The Morgan fingerprint density at radius 1 is 1.19 bits per heavy atom. The summed E-state index contributed by atoms with van der Waals surface area (Å²) in [5, 5.41) is 8.12. The molecule has 1 aliphatic rings. The molecule has 1 heterocycles. The molecule has 0 saturated heterocycles. The minimum atomic E-state index is 0.339. The molecule has 1 aromatic carbocycles. The standard InChI is InChI=1S/C18H25N3/c1-13(2)21-10-9-17(20-21)12-18(19-3)16-8-7-14-5-4-6-15(14)11-16/h7-11,13,18-19H,4-6,12H2,1-3H3. The maximum absolute atomic E-state index is 4.67. The molecule has 1 unspecified atom stereocenters. The molecule has 0 aliphatic heterocycles. The van der Waals surface area contributed by atoms with E-state index in [1.165, 1.54) is 30.4 Å². The zero-order valence-electron chi connectivity index (χ0n) is 13.3. The predicted molar refractivity (Wildman–Crippen MR) is 86.6 cm³/mol. The number of nitrogens with zero attached hydrogens (tertiary/aromatic N) is 2. The molecule has 0 saturated carbocycles. The van der Waals surface area contributed by atoms with Crippen LogP contribution in [0.4, 0.5) is 0 Å². The van der Waals surface area contributed by atoms with Crippen molar-refractivity contribution in [2.75, 3.05) is 7.05 Å². The molecule has 3 heteroatoms. The third-order valence-corrected chi connectivity index (χ3v) is 4.48. The highest BCUT2D eigenvalue weighted by Crippen LogP contribution is 2.26. The second-order valence-corrected chi connectivity index (χ2v) is 6.31. The molecule has 1 aromatic heterocycles. The van der Waals surface area contributed by atoms with Crippen molar-refractivity contribution in [2.45, 2.75) is 51.6 Å². The van der Waals surface area contributed by atoms with Crippen molar-refractivity contribution in [2.24, 2.45) is 0 Å². The van der Waals surface area contributed by atoms with E-state index in [1.54, 1.807) is 5.56 Å². The van der Waals surface area contributed by atoms with E-state index in [9.17, 15) is 0 Å². The van der Waals surface area contributed by atoms with Crippen LogP contribution < -0.4 is 5.32 Å². The normalized spacial score (nSPS) is 15.4. The van der Waals surface area contributed by atoms with Gasteiger partial charge in [0.15, 0.2) is 0 Å². The van der Waals surface area contributed by atoms with Gasteiger partial charge in [-0.15, -0.1) is 0 Å². The van der Waals surface area contributed by atoms with Crippen LogP contribution in [0.3, 0.4) is 0 Å². The van der Waals surface area contributed by atoms with Gasteiger partial charge in [0, 0.05) is 24.7 Å². The van der Waals surface area contributed by atoms with Crippen LogP contribution in [-0.4, -0.2) is 16.8 Å². The molecule has 1 atom stereocenters. The van der Waals surface area contributed by atoms with E-state index >= 15 is 0 Å². The van der Waals surface area contributed by atoms with Crippen molar-refractivity contribution in [3.8, 4) is 0 Å². The smallest absolute Gasteiger partial charge is 0.0643 e. The van der Waals surface area contributed by atoms with Crippen molar-refractivity contribution in [1.82, 2.24) is 15.1 Å². The lowest BCUT2D eigenvalue weighted by Gasteiger charge is -2.17. The van der Waals surface area contributed by atoms with Crippen molar-refractivity contribution < 1.29 is 0 Å². The number of hydrogen-bond donors (Lipinski definition) is 1. The van der Waals surface area contributed by atoms with Gasteiger partial charge in [-0.1, -0.05) is 18.2 Å². The van der Waals surface area contributed by atoms with Gasteiger partial charge in [0.2, 0.25) is 0 Å². The Bertz CT molecular complexity index is 613. The summed E-state index contributed by atoms with van der Waals surface area (Å²) in [4.78, 5) is 0. The molecule has 0 spiro atoms. The highest BCUT2D eigenvalue weighted by atomic mass is 15.3. The van der Waals surface area contributed by atoms with Crippen LogP contribution in [0.25, 0.3) is 0 Å². The minimum Gasteiger partial charge on any atom is -0.313 e. The highest BCUT2D eigenvalue weighted by molar-refractivity contribution is 5.36. The van der Waals surface area contributed by atoms with Crippen molar-refractivity contribution >= 4 is 0 Å². The quantitative estimate of drug-likeness (QED) is 0.910. The van der Waals surface area contributed by atoms with Gasteiger partial charge in [-0.05, 0) is 62.9 Å². The average molecular weight is 283 g/mol. The molecular weight excluding hydrogens is 258 g/mol. The molecule has 0 bridgehead atoms. The fraction of sp³-hybridized carbons (Fsp3) is 0.500. The SMILES string of the molecule is CNC(Cc1ccn(C(C)C)n1)c1ccc2c(c1)CCC2. The number of likely N-dealkylation sites (N-methyl/N-ethyl adjacent to an activating group) is 1. The number of benzene rings is 1. The predicted octanol–water partition coefficient (Wildman–Crippen LogP) is 3.46. The van der Waals surface area contributed by atoms with E-state index < -0.39 is 0 Å². The van der Waals surface area contributed by atoms with Crippen LogP contribution >= 0.6 is 0 Å². The third-order valence-electron chi connectivity index (χ3n) is 4.48. The third kappa shape index (κ3) is 3.03. The maximum Gasteiger partial charge on any atom is 0.0643 e. The highest BCUT2D eigenvalue weighted by Gasteiger charge is 2.16. The van der Waals surface area contributed by atoms with Gasteiger partial charge in [0.1, 0.15) is 0 Å². The van der Waals surface area contributed by atoms with Gasteiger partial charge in [0.05, 0.1) is 5.69 Å². The Kier molecular flexibility index (Phi) is 4.11. The van der Waals surface area contributed by atoms with Gasteiger partial charge in [-0.2, -0.15) is 5.10 Å². The molecule has 112 valence electrons. The van der Waals surface area contributed by atoms with E-state index in [-0.39, 0.29) is 0 Å². The van der Waals surface area contributed by atoms with Crippen LogP contribution in [0.1, 0.15) is 54.7 Å². The van der Waals surface area contributed by atoms with Gasteiger partial charge in [0.25, 0.3) is 0 Å². The maximum atomic E-state index is 4.67. The lowest BCUT2D eigenvalue weighted by molar-refractivity contribution is 0.515. The Balaban J connectivity index is 1.78. The molecule has 0 amide bonds. The summed E-state index contributed by atoms with van der Waals surface area (Å²) in [6.45, 7) is 4.32. The van der Waals surface area contributed by atoms with E-state index in [1.807, 2.05) is 11.7 Å². The first-order valence-corrected chi connectivity index (χ1v) is 8.00. The number of fused-ring (bicyclic) bond motifs is 1. The second-order valence-electron chi connectivity index (χ2n) is 6.31. The Hall–Kier alpha value is -1.61. The summed E-state index contributed by atoms with van der Waals surface area (Å²) in [6.07, 6.45) is 6.81. The molecule has 0 fully saturated rings. The number of aromatic nitrogens is 2. The molecule has 3 rings (SSSR count). The molecule has 3 nitrogen and oxygen atoms in total. The van der Waals surface area contributed by atoms with Crippen molar-refractivity contribution in [3.05, 3.63) is 52.8 Å². The Morgan fingerprint density at radius 2 is 2.00 bits per heavy atom. The van der Waals surface area contributed by atoms with Gasteiger partial charge < -0.3 is 5.32 Å². The molecule has 1 aliphatic carbocycles. The summed E-state index contributed by atoms with van der Waals surface area (Å²) in [5.41, 5.74) is 5.62. The minimum absolute atomic E-state index is 0.339. The van der Waals surface area contributed by atoms with Crippen LogP contribution in [0.5, 0.6) is 0 Å². The van der Waals surface area contributed by atoms with Crippen molar-refractivity contribution in [1.29, 1.82) is 0 Å². The van der Waals surface area contributed by atoms with E-state index in [2.05, 4.69) is 54.7 Å². The van der Waals surface area contributed by atoms with Crippen molar-refractivity contribution in [3.63, 3.8) is 0 Å². The van der Waals surface area contributed by atoms with Gasteiger partial charge >= 0.3 is 0 Å². The zero-order chi connectivity index (χ0) is 14.8. The first-order valence-electron chi connectivity index (χ1n) is 8.00. The summed E-state index contributed by atoms with van der Waals surface area (Å²) in [5.74, 6) is 0. The summed E-state index contributed by atoms with van der Waals surface area (Å²) >= 11 is 0. The number of hydrogen-bond acceptors (Lipinski definition) is 2. The zero-order valence-corrected chi connectivity index (χ0v) is 13.3. The van der Waals surface area contributed by atoms with Gasteiger partial charge in [-0.25, -0.2) is 0 Å². The number of rotatable bonds is 5. The van der Waals surface area contributed by atoms with Crippen LogP contribution in [0.2, 0.25) is 0 Å². The first kappa shape index (κ1) is 14.3. The van der Waals surface area contributed by atoms with Gasteiger partial charge in [-0.3, -0.25) is 4.68 Å². The Morgan fingerprint density at radius 3 is 2.71 bits per heavy atom. The molecule has 0 radical (unpaired) electrons. The fourth-order valence-electron chi connectivity index (χ4n) is 3.18. The topological polar surface area (TPSA) is 29.9 Å².